The second-order valence-electron chi connectivity index (χ2n) is 9.18. The van der Waals surface area contributed by atoms with Crippen molar-refractivity contribution in [3.63, 3.8) is 0 Å². The van der Waals surface area contributed by atoms with Gasteiger partial charge in [-0.2, -0.15) is 0 Å². The van der Waals surface area contributed by atoms with Crippen LogP contribution in [0.3, 0.4) is 0 Å². The fourth-order valence-corrected chi connectivity index (χ4v) is 4.13. The monoisotopic (exact) mass is 578 g/mol. The Labute approximate surface area is 238 Å². The molecule has 1 fully saturated rings. The number of carbonyl (C=O) groups is 5. The molecule has 1 saturated heterocycles. The normalized spacial score (nSPS) is 16.6. The molecule has 0 saturated carbocycles. The Kier molecular flexibility index (Phi) is 13.6. The highest BCUT2D eigenvalue weighted by Gasteiger charge is 2.44. The highest BCUT2D eigenvalue weighted by molar-refractivity contribution is 6.23. The van der Waals surface area contributed by atoms with Crippen molar-refractivity contribution in [2.45, 2.75) is 25.8 Å². The predicted octanol–water partition coefficient (Wildman–Crippen LogP) is -0.281. The predicted molar refractivity (Wildman–Crippen MR) is 144 cm³/mol. The Bertz CT molecular complexity index is 1070. The summed E-state index contributed by atoms with van der Waals surface area (Å²) < 4.78 is 27.1. The van der Waals surface area contributed by atoms with E-state index >= 15 is 0 Å². The number of carbonyl (C=O) groups excluding carboxylic acids is 5. The van der Waals surface area contributed by atoms with E-state index in [9.17, 15) is 24.0 Å². The molecule has 226 valence electrons. The molecule has 0 bridgehead atoms. The van der Waals surface area contributed by atoms with Crippen molar-refractivity contribution in [1.29, 1.82) is 0 Å². The third-order valence-corrected chi connectivity index (χ3v) is 6.12. The molecule has 1 aromatic carbocycles. The summed E-state index contributed by atoms with van der Waals surface area (Å²) in [7, 11) is 0. The van der Waals surface area contributed by atoms with Crippen LogP contribution in [0.2, 0.25) is 0 Å². The van der Waals surface area contributed by atoms with Gasteiger partial charge < -0.3 is 34.3 Å². The molecule has 0 radical (unpaired) electrons. The summed E-state index contributed by atoms with van der Waals surface area (Å²) in [6, 6.07) is 3.84. The maximum absolute atomic E-state index is 12.9. The molecule has 14 nitrogen and oxygen atoms in total. The average Bonchev–Trinajstić information content (AvgIpc) is 3.18. The van der Waals surface area contributed by atoms with E-state index in [4.69, 9.17) is 23.7 Å². The third-order valence-electron chi connectivity index (χ3n) is 6.12. The molecule has 0 aliphatic carbocycles. The number of imide groups is 2. The van der Waals surface area contributed by atoms with Crippen LogP contribution >= 0.6 is 0 Å². The minimum absolute atomic E-state index is 0.0760. The van der Waals surface area contributed by atoms with Crippen LogP contribution in [0.1, 0.15) is 40.5 Å². The summed E-state index contributed by atoms with van der Waals surface area (Å²) >= 11 is 0. The summed E-state index contributed by atoms with van der Waals surface area (Å²) in [5.74, 6) is -2.21. The molecular weight excluding hydrogens is 540 g/mol. The molecular formula is C27H38N4O10. The van der Waals surface area contributed by atoms with Crippen LogP contribution in [0.4, 0.5) is 5.69 Å². The van der Waals surface area contributed by atoms with E-state index in [1.165, 1.54) is 6.92 Å². The van der Waals surface area contributed by atoms with Gasteiger partial charge in [0.2, 0.25) is 17.7 Å². The molecule has 1 aromatic rings. The number of nitrogens with one attached hydrogen (secondary N) is 3. The van der Waals surface area contributed by atoms with Gasteiger partial charge in [0.1, 0.15) is 6.04 Å². The number of hydrogen-bond donors (Lipinski definition) is 3. The molecule has 2 aliphatic rings. The van der Waals surface area contributed by atoms with E-state index in [1.807, 2.05) is 0 Å². The maximum atomic E-state index is 12.9. The number of benzene rings is 1. The standard InChI is InChI=1S/C27H38N4O10/c1-19(32)28-6-8-37-10-12-39-14-16-41-17-15-40-13-11-38-9-7-29-20-2-3-21-22(18-20)27(36)31(26(21)35)23-4-5-24(33)30-25(23)34/h2-3,18,23,29H,4-17H2,1H3,(H,28,32)(H,30,33,34). The van der Waals surface area contributed by atoms with Crippen molar-refractivity contribution in [3.8, 4) is 0 Å². The summed E-state index contributed by atoms with van der Waals surface area (Å²) in [5.41, 5.74) is 1.10. The Balaban J connectivity index is 1.17. The van der Waals surface area contributed by atoms with Crippen molar-refractivity contribution in [2.24, 2.45) is 0 Å². The first-order chi connectivity index (χ1) is 19.9. The van der Waals surface area contributed by atoms with Gasteiger partial charge in [0.05, 0.1) is 77.2 Å². The lowest BCUT2D eigenvalue weighted by molar-refractivity contribution is -0.136. The van der Waals surface area contributed by atoms with E-state index in [0.29, 0.717) is 84.8 Å². The Morgan fingerprint density at radius 1 is 0.805 bits per heavy atom. The number of anilines is 1. The molecule has 5 amide bonds. The van der Waals surface area contributed by atoms with Crippen molar-refractivity contribution in [3.05, 3.63) is 29.3 Å². The van der Waals surface area contributed by atoms with Crippen molar-refractivity contribution in [1.82, 2.24) is 15.5 Å². The maximum Gasteiger partial charge on any atom is 0.262 e. The average molecular weight is 579 g/mol. The number of fused-ring (bicyclic) bond motifs is 1. The lowest BCUT2D eigenvalue weighted by atomic mass is 10.0. The molecule has 2 aliphatic heterocycles. The first-order valence-corrected chi connectivity index (χ1v) is 13.6. The SMILES string of the molecule is CC(=O)NCCOCCOCCOCCOCCOCCNc1ccc2c(c1)C(=O)N(C1CCC(=O)NC1=O)C2=O. The second kappa shape index (κ2) is 17.4. The van der Waals surface area contributed by atoms with Crippen molar-refractivity contribution < 1.29 is 47.7 Å². The van der Waals surface area contributed by atoms with Crippen LogP contribution in [0.5, 0.6) is 0 Å². The molecule has 2 heterocycles. The first kappa shape index (κ1) is 32.1. The van der Waals surface area contributed by atoms with Gasteiger partial charge in [0, 0.05) is 32.1 Å². The minimum Gasteiger partial charge on any atom is -0.383 e. The van der Waals surface area contributed by atoms with E-state index < -0.39 is 29.7 Å². The number of hydrogen-bond acceptors (Lipinski definition) is 11. The zero-order chi connectivity index (χ0) is 29.5. The van der Waals surface area contributed by atoms with Gasteiger partial charge in [-0.3, -0.25) is 34.2 Å². The molecule has 1 atom stereocenters. The van der Waals surface area contributed by atoms with E-state index in [-0.39, 0.29) is 29.9 Å². The van der Waals surface area contributed by atoms with Gasteiger partial charge >= 0.3 is 0 Å². The van der Waals surface area contributed by atoms with E-state index in [2.05, 4.69) is 16.0 Å². The van der Waals surface area contributed by atoms with E-state index in [1.54, 1.807) is 18.2 Å². The topological polar surface area (TPSA) is 171 Å². The van der Waals surface area contributed by atoms with Crippen LogP contribution < -0.4 is 16.0 Å². The highest BCUT2D eigenvalue weighted by atomic mass is 16.6. The van der Waals surface area contributed by atoms with Gasteiger partial charge in [-0.25, -0.2) is 0 Å². The van der Waals surface area contributed by atoms with Crippen LogP contribution in [-0.4, -0.2) is 120 Å². The molecule has 0 aromatic heterocycles. The smallest absolute Gasteiger partial charge is 0.262 e. The van der Waals surface area contributed by atoms with Crippen molar-refractivity contribution in [2.75, 3.05) is 84.5 Å². The van der Waals surface area contributed by atoms with Gasteiger partial charge in [-0.1, -0.05) is 0 Å². The van der Waals surface area contributed by atoms with Gasteiger partial charge in [0.25, 0.3) is 11.8 Å². The number of piperidine rings is 1. The first-order valence-electron chi connectivity index (χ1n) is 13.6. The zero-order valence-electron chi connectivity index (χ0n) is 23.2. The largest absolute Gasteiger partial charge is 0.383 e. The van der Waals surface area contributed by atoms with Crippen LogP contribution in [0.25, 0.3) is 0 Å². The molecule has 3 rings (SSSR count). The number of ether oxygens (including phenoxy) is 5. The Morgan fingerprint density at radius 3 is 1.90 bits per heavy atom. The molecule has 14 heteroatoms. The van der Waals surface area contributed by atoms with E-state index in [0.717, 1.165) is 4.90 Å². The number of amides is 5. The quantitative estimate of drug-likeness (QED) is 0.137. The fraction of sp³-hybridized carbons (Fsp3) is 0.593. The highest BCUT2D eigenvalue weighted by Crippen LogP contribution is 2.29. The third kappa shape index (κ3) is 10.5. The lowest BCUT2D eigenvalue weighted by Crippen LogP contribution is -2.54. The molecule has 3 N–H and O–H groups in total. The van der Waals surface area contributed by atoms with Crippen LogP contribution in [-0.2, 0) is 38.1 Å². The minimum atomic E-state index is -0.988. The van der Waals surface area contributed by atoms with Gasteiger partial charge in [-0.15, -0.1) is 0 Å². The second-order valence-corrected chi connectivity index (χ2v) is 9.18. The van der Waals surface area contributed by atoms with Crippen LogP contribution in [0, 0.1) is 0 Å². The fourth-order valence-electron chi connectivity index (χ4n) is 4.13. The molecule has 1 unspecified atom stereocenters. The molecule has 0 spiro atoms. The summed E-state index contributed by atoms with van der Waals surface area (Å²) in [6.07, 6.45) is 0.192. The van der Waals surface area contributed by atoms with Gasteiger partial charge in [-0.05, 0) is 24.6 Å². The molecule has 41 heavy (non-hydrogen) atoms. The van der Waals surface area contributed by atoms with Crippen LogP contribution in [0.15, 0.2) is 18.2 Å². The summed E-state index contributed by atoms with van der Waals surface area (Å²) in [5, 5.41) is 7.97. The number of nitrogens with zero attached hydrogens (tertiary/aromatic N) is 1. The Morgan fingerprint density at radius 2 is 1.34 bits per heavy atom. The Hall–Kier alpha value is -3.43. The van der Waals surface area contributed by atoms with Gasteiger partial charge in [0.15, 0.2) is 0 Å². The lowest BCUT2D eigenvalue weighted by Gasteiger charge is -2.27. The van der Waals surface area contributed by atoms with Crippen molar-refractivity contribution >= 4 is 35.2 Å². The number of rotatable bonds is 20. The zero-order valence-corrected chi connectivity index (χ0v) is 23.2. The summed E-state index contributed by atoms with van der Waals surface area (Å²) in [6.45, 7) is 6.80. The summed E-state index contributed by atoms with van der Waals surface area (Å²) in [4.78, 5) is 60.9.